The van der Waals surface area contributed by atoms with Crippen LogP contribution in [-0.2, 0) is 32.7 Å². The first-order valence-corrected chi connectivity index (χ1v) is 7.72. The molecule has 0 aromatic heterocycles. The van der Waals surface area contributed by atoms with E-state index >= 15 is 0 Å². The zero-order valence-corrected chi connectivity index (χ0v) is 11.9. The molecule has 0 atom stereocenters. The van der Waals surface area contributed by atoms with Crippen LogP contribution in [0.1, 0.15) is 0 Å². The SMILES string of the molecule is C=P(C)(C)O.C=P(C)(O)O.[Y]. The van der Waals surface area contributed by atoms with Crippen molar-refractivity contribution in [2.75, 3.05) is 20.0 Å². The summed E-state index contributed by atoms with van der Waals surface area (Å²) in [5.74, 6) is 0. The van der Waals surface area contributed by atoms with Gasteiger partial charge in [-0.3, -0.25) is 0 Å². The van der Waals surface area contributed by atoms with Crippen LogP contribution >= 0.6 is 14.5 Å². The van der Waals surface area contributed by atoms with E-state index in [1.807, 2.05) is 0 Å². The number of hydrogen-bond donors (Lipinski definition) is 3. The maximum Gasteiger partial charge on any atom is 0.108 e. The molecule has 0 aromatic rings. The molecular formula is C5H16O3P2Y. The third-order valence-electron chi connectivity index (χ3n) is 0. The smallest absolute Gasteiger partial charge is 0.108 e. The first-order valence-electron chi connectivity index (χ1n) is 2.57. The van der Waals surface area contributed by atoms with Crippen LogP contribution in [0, 0.1) is 0 Å². The van der Waals surface area contributed by atoms with Crippen LogP contribution in [0.2, 0.25) is 0 Å². The fourth-order valence-corrected chi connectivity index (χ4v) is 0. The van der Waals surface area contributed by atoms with Gasteiger partial charge in [0.25, 0.3) is 0 Å². The van der Waals surface area contributed by atoms with E-state index in [0.29, 0.717) is 0 Å². The van der Waals surface area contributed by atoms with E-state index < -0.39 is 14.5 Å². The zero-order valence-electron chi connectivity index (χ0n) is 7.23. The second kappa shape index (κ2) is 7.03. The molecule has 1 radical (unpaired) electrons. The van der Waals surface area contributed by atoms with Crippen molar-refractivity contribution in [1.82, 2.24) is 0 Å². The minimum atomic E-state index is -2.64. The summed E-state index contributed by atoms with van der Waals surface area (Å²) >= 11 is 0. The van der Waals surface area contributed by atoms with Gasteiger partial charge in [0.2, 0.25) is 0 Å². The van der Waals surface area contributed by atoms with E-state index in [9.17, 15) is 0 Å². The third kappa shape index (κ3) is 424. The molecule has 0 spiro atoms. The molecule has 0 aliphatic heterocycles. The van der Waals surface area contributed by atoms with Crippen molar-refractivity contribution >= 4 is 27.1 Å². The topological polar surface area (TPSA) is 60.7 Å². The van der Waals surface area contributed by atoms with E-state index in [4.69, 9.17) is 14.7 Å². The molecule has 0 aliphatic carbocycles. The van der Waals surface area contributed by atoms with Gasteiger partial charge in [-0.1, -0.05) is 12.6 Å². The minimum absolute atomic E-state index is 0. The van der Waals surface area contributed by atoms with Gasteiger partial charge >= 0.3 is 0 Å². The molecule has 0 saturated heterocycles. The van der Waals surface area contributed by atoms with Gasteiger partial charge in [0.1, 0.15) is 7.34 Å². The largest absolute Gasteiger partial charge is 0.377 e. The molecule has 0 heterocycles. The average molecular weight is 275 g/mol. The molecule has 0 bridgehead atoms. The summed E-state index contributed by atoms with van der Waals surface area (Å²) in [7, 11) is -4.28. The van der Waals surface area contributed by atoms with Gasteiger partial charge in [-0.25, -0.2) is 0 Å². The van der Waals surface area contributed by atoms with Crippen LogP contribution < -0.4 is 0 Å². The minimum Gasteiger partial charge on any atom is -0.377 e. The summed E-state index contributed by atoms with van der Waals surface area (Å²) in [5.41, 5.74) is 0. The molecule has 0 rings (SSSR count). The summed E-state index contributed by atoms with van der Waals surface area (Å²) in [6, 6.07) is 0. The van der Waals surface area contributed by atoms with E-state index in [0.717, 1.165) is 0 Å². The molecule has 3 N–H and O–H groups in total. The van der Waals surface area contributed by atoms with Gasteiger partial charge in [-0.05, 0) is 20.4 Å². The van der Waals surface area contributed by atoms with E-state index in [-0.39, 0.29) is 32.7 Å². The second-order valence-electron chi connectivity index (χ2n) is 2.71. The molecule has 11 heavy (non-hydrogen) atoms. The van der Waals surface area contributed by atoms with Crippen molar-refractivity contribution in [3.63, 3.8) is 0 Å². The van der Waals surface area contributed by atoms with Crippen molar-refractivity contribution in [3.8, 4) is 0 Å². The van der Waals surface area contributed by atoms with Crippen molar-refractivity contribution in [1.29, 1.82) is 0 Å². The molecule has 0 aliphatic rings. The van der Waals surface area contributed by atoms with Gasteiger partial charge < -0.3 is 14.7 Å². The van der Waals surface area contributed by atoms with Crippen LogP contribution in [0.4, 0.5) is 0 Å². The summed E-state index contributed by atoms with van der Waals surface area (Å²) in [4.78, 5) is 24.7. The molecule has 0 aromatic carbocycles. The van der Waals surface area contributed by atoms with Crippen molar-refractivity contribution in [2.24, 2.45) is 0 Å². The van der Waals surface area contributed by atoms with Crippen LogP contribution in [0.5, 0.6) is 0 Å². The summed E-state index contributed by atoms with van der Waals surface area (Å²) in [6.45, 7) is 4.78. The zero-order chi connectivity index (χ0) is 9.00. The molecular weight excluding hydrogens is 259 g/mol. The fourth-order valence-electron chi connectivity index (χ4n) is 0. The molecule has 0 unspecified atom stereocenters. The Morgan fingerprint density at radius 2 is 0.909 bits per heavy atom. The Bertz CT molecular complexity index is 132. The Labute approximate surface area is 93.9 Å². The van der Waals surface area contributed by atoms with Crippen molar-refractivity contribution in [3.05, 3.63) is 0 Å². The summed E-state index contributed by atoms with van der Waals surface area (Å²) < 4.78 is 0. The Morgan fingerprint density at radius 3 is 0.909 bits per heavy atom. The first kappa shape index (κ1) is 18.4. The first-order chi connectivity index (χ1) is 4.00. The monoisotopic (exact) mass is 275 g/mol. The quantitative estimate of drug-likeness (QED) is 0.563. The van der Waals surface area contributed by atoms with Crippen LogP contribution in [-0.4, -0.2) is 47.3 Å². The van der Waals surface area contributed by atoms with E-state index in [1.54, 1.807) is 13.3 Å². The van der Waals surface area contributed by atoms with Crippen molar-refractivity contribution < 1.29 is 47.4 Å². The fraction of sp³-hybridized carbons (Fsp3) is 0.600. The molecule has 0 amide bonds. The normalized spacial score (nSPS) is 10.7. The van der Waals surface area contributed by atoms with Gasteiger partial charge in [-0.15, -0.1) is 0 Å². The van der Waals surface area contributed by atoms with Crippen LogP contribution in [0.3, 0.4) is 0 Å². The second-order valence-corrected chi connectivity index (χ2v) is 8.13. The molecule has 0 saturated carbocycles. The number of rotatable bonds is 0. The van der Waals surface area contributed by atoms with E-state index in [2.05, 4.69) is 12.6 Å². The van der Waals surface area contributed by atoms with Gasteiger partial charge in [0, 0.05) is 39.4 Å². The maximum absolute atomic E-state index is 8.52. The van der Waals surface area contributed by atoms with Gasteiger partial charge in [-0.2, -0.15) is 0 Å². The molecule has 67 valence electrons. The predicted octanol–water partition coefficient (Wildman–Crippen LogP) is 0.481. The molecule has 6 heteroatoms. The predicted molar refractivity (Wildman–Crippen MR) is 52.5 cm³/mol. The van der Waals surface area contributed by atoms with Gasteiger partial charge in [0.15, 0.2) is 0 Å². The Balaban J connectivity index is -0.000000107. The third-order valence-corrected chi connectivity index (χ3v) is 0. The van der Waals surface area contributed by atoms with Crippen LogP contribution in [0.15, 0.2) is 0 Å². The summed E-state index contributed by atoms with van der Waals surface area (Å²) in [5, 5.41) is 0. The van der Waals surface area contributed by atoms with Crippen LogP contribution in [0.25, 0.3) is 0 Å². The Morgan fingerprint density at radius 1 is 0.909 bits per heavy atom. The van der Waals surface area contributed by atoms with Gasteiger partial charge in [0.05, 0.1) is 0 Å². The number of hydrogen-bond acceptors (Lipinski definition) is 3. The van der Waals surface area contributed by atoms with E-state index in [1.165, 1.54) is 6.66 Å². The molecule has 0 fully saturated rings. The maximum atomic E-state index is 8.52. The average Bonchev–Trinajstić information content (AvgIpc) is 1.12. The Kier molecular flexibility index (Phi) is 11.8. The summed E-state index contributed by atoms with van der Waals surface area (Å²) in [6.07, 6.45) is 6.43. The standard InChI is InChI=1S/C3H9OP.C2H7O2P.Y/c2*1-5(2,3)4;/h4H,1H2,2-3H3;3-4H,1H2,2H3;. The Hall–Kier alpha value is 1.58. The molecule has 3 nitrogen and oxygen atoms in total. The van der Waals surface area contributed by atoms with Crippen molar-refractivity contribution in [2.45, 2.75) is 0 Å².